The van der Waals surface area contributed by atoms with E-state index in [2.05, 4.69) is 267 Å². The highest BCUT2D eigenvalue weighted by Gasteiger charge is 2.58. The van der Waals surface area contributed by atoms with Gasteiger partial charge >= 0.3 is 0 Å². The van der Waals surface area contributed by atoms with E-state index in [0.29, 0.717) is 0 Å². The van der Waals surface area contributed by atoms with Crippen LogP contribution < -0.4 is 0 Å². The van der Waals surface area contributed by atoms with Gasteiger partial charge in [-0.2, -0.15) is 0 Å². The molecule has 2 nitrogen and oxygen atoms in total. The molecule has 3 unspecified atom stereocenters. The number of hydrogen-bond acceptors (Lipinski definition) is 2. The van der Waals surface area contributed by atoms with Gasteiger partial charge in [0.2, 0.25) is 0 Å². The smallest absolute Gasteiger partial charge is 0.143 e. The van der Waals surface area contributed by atoms with E-state index in [4.69, 9.17) is 8.83 Å². The van der Waals surface area contributed by atoms with E-state index < -0.39 is 10.8 Å². The quantitative estimate of drug-likeness (QED) is 0.127. The summed E-state index contributed by atoms with van der Waals surface area (Å²) in [5.41, 5.74) is 26.0. The molecule has 0 fully saturated rings. The molecule has 21 rings (SSSR count). The van der Waals surface area contributed by atoms with Crippen molar-refractivity contribution in [2.75, 3.05) is 0 Å². The number of rotatable bonds is 2. The van der Waals surface area contributed by atoms with Crippen molar-refractivity contribution in [2.45, 2.75) is 16.7 Å². The molecule has 0 N–H and O–H groups in total. The number of para-hydroxylation sites is 4. The normalized spacial score (nSPS) is 18.0. The Balaban J connectivity index is 0.862. The van der Waals surface area contributed by atoms with E-state index in [1.165, 1.54) is 127 Å². The molecule has 16 aromatic rings. The van der Waals surface area contributed by atoms with Gasteiger partial charge in [-0.15, -0.1) is 0 Å². The largest absolute Gasteiger partial charge is 0.455 e. The van der Waals surface area contributed by atoms with Gasteiger partial charge in [-0.3, -0.25) is 0 Å². The fraction of sp³-hybridized carbons (Fsp3) is 0.0488. The molecule has 2 heteroatoms. The third-order valence-corrected chi connectivity index (χ3v) is 20.9. The highest BCUT2D eigenvalue weighted by atomic mass is 16.3. The molecule has 84 heavy (non-hydrogen) atoms. The standard InChI is InChI=1S/C82H46O2/c1-7-31-65-49(17-1)50-18-2-8-32-66(50)81(65)70-42-46(48-24-14-28-58-54-21-6-12-36-74(54)84-80(48)58)38-40-60(70)78-62-30-16-26-56-63-43-71-77(61-29-15-25-55(75(61)63)64(76(56)62)44-72(78)81)59-22-4-10-34-68(59)82(71)67-33-9-3-19-51(67)52-39-37-45(41-69(52)82)47-23-13-27-57-53-20-5-11-35-73(53)83-79(47)57/h1-44,59,68H. The second kappa shape index (κ2) is 15.3. The highest BCUT2D eigenvalue weighted by Crippen LogP contribution is 2.69. The van der Waals surface area contributed by atoms with Crippen molar-refractivity contribution in [2.24, 2.45) is 5.92 Å². The number of fused-ring (bicyclic) bond motifs is 30. The minimum atomic E-state index is -0.584. The van der Waals surface area contributed by atoms with E-state index in [0.717, 1.165) is 60.6 Å². The molecule has 0 amide bonds. The molecule has 0 saturated carbocycles. The summed E-state index contributed by atoms with van der Waals surface area (Å²) in [6, 6.07) is 92.2. The van der Waals surface area contributed by atoms with Crippen LogP contribution in [-0.2, 0) is 10.8 Å². The van der Waals surface area contributed by atoms with Crippen LogP contribution in [0.5, 0.6) is 0 Å². The van der Waals surface area contributed by atoms with Crippen molar-refractivity contribution in [3.63, 3.8) is 0 Å². The lowest BCUT2D eigenvalue weighted by Crippen LogP contribution is -2.33. The Morgan fingerprint density at radius 1 is 0.286 bits per heavy atom. The summed E-state index contributed by atoms with van der Waals surface area (Å²) in [5, 5.41) is 15.1. The molecule has 14 aromatic carbocycles. The first kappa shape index (κ1) is 44.2. The van der Waals surface area contributed by atoms with Gasteiger partial charge in [0.05, 0.1) is 10.8 Å². The van der Waals surface area contributed by atoms with Crippen molar-refractivity contribution in [3.05, 3.63) is 311 Å². The Morgan fingerprint density at radius 2 is 0.750 bits per heavy atom. The van der Waals surface area contributed by atoms with Crippen LogP contribution in [0.3, 0.4) is 0 Å². The fourth-order valence-corrected chi connectivity index (χ4v) is 17.9. The van der Waals surface area contributed by atoms with Crippen molar-refractivity contribution in [3.8, 4) is 55.6 Å². The molecule has 5 aliphatic rings. The number of furan rings is 2. The zero-order valence-corrected chi connectivity index (χ0v) is 45.4. The number of benzene rings is 14. The summed E-state index contributed by atoms with van der Waals surface area (Å²) in [4.78, 5) is 0. The van der Waals surface area contributed by atoms with Crippen LogP contribution in [0.25, 0.3) is 143 Å². The maximum atomic E-state index is 6.78. The van der Waals surface area contributed by atoms with Crippen LogP contribution in [0.1, 0.15) is 50.4 Å². The van der Waals surface area contributed by atoms with Crippen molar-refractivity contribution in [1.82, 2.24) is 0 Å². The first-order valence-electron chi connectivity index (χ1n) is 29.6. The molecular formula is C82H46O2. The van der Waals surface area contributed by atoms with E-state index in [9.17, 15) is 0 Å². The summed E-state index contributed by atoms with van der Waals surface area (Å²) in [5.74, 6) is 0.293. The van der Waals surface area contributed by atoms with E-state index in [1.54, 1.807) is 0 Å². The Hall–Kier alpha value is -10.5. The maximum Gasteiger partial charge on any atom is 0.143 e. The van der Waals surface area contributed by atoms with E-state index in [1.807, 2.05) is 0 Å². The van der Waals surface area contributed by atoms with Gasteiger partial charge in [-0.25, -0.2) is 0 Å². The lowest BCUT2D eigenvalue weighted by molar-refractivity contribution is 0.466. The van der Waals surface area contributed by atoms with E-state index >= 15 is 0 Å². The molecule has 2 aromatic heterocycles. The third kappa shape index (κ3) is 5.03. The molecule has 5 aliphatic carbocycles. The van der Waals surface area contributed by atoms with Crippen LogP contribution in [-0.4, -0.2) is 0 Å². The molecular weight excluding hydrogens is 1020 g/mol. The first-order chi connectivity index (χ1) is 41.7. The highest BCUT2D eigenvalue weighted by molar-refractivity contribution is 6.35. The molecule has 0 bridgehead atoms. The molecule has 0 radical (unpaired) electrons. The number of hydrogen-bond donors (Lipinski definition) is 0. The third-order valence-electron chi connectivity index (χ3n) is 20.9. The molecule has 0 aliphatic heterocycles. The average molecular weight is 1060 g/mol. The Labute approximate surface area is 482 Å². The van der Waals surface area contributed by atoms with Crippen LogP contribution >= 0.6 is 0 Å². The van der Waals surface area contributed by atoms with Crippen molar-refractivity contribution in [1.29, 1.82) is 0 Å². The Bertz CT molecular complexity index is 5730. The van der Waals surface area contributed by atoms with Crippen molar-refractivity contribution < 1.29 is 8.83 Å². The average Bonchev–Trinajstić information content (AvgIpc) is 1.61. The Kier molecular flexibility index (Phi) is 8.05. The summed E-state index contributed by atoms with van der Waals surface area (Å²) in [6.07, 6.45) is 9.66. The monoisotopic (exact) mass is 1060 g/mol. The van der Waals surface area contributed by atoms with Gasteiger partial charge < -0.3 is 8.83 Å². The summed E-state index contributed by atoms with van der Waals surface area (Å²) in [6.45, 7) is 0. The maximum absolute atomic E-state index is 6.78. The zero-order valence-electron chi connectivity index (χ0n) is 45.4. The zero-order chi connectivity index (χ0) is 54.3. The van der Waals surface area contributed by atoms with Gasteiger partial charge in [0.1, 0.15) is 22.3 Å². The Morgan fingerprint density at radius 3 is 1.42 bits per heavy atom. The van der Waals surface area contributed by atoms with Gasteiger partial charge in [0.15, 0.2) is 0 Å². The molecule has 386 valence electrons. The van der Waals surface area contributed by atoms with Crippen molar-refractivity contribution >= 4 is 87.0 Å². The summed E-state index contributed by atoms with van der Waals surface area (Å²) >= 11 is 0. The van der Waals surface area contributed by atoms with Crippen LogP contribution in [0.2, 0.25) is 0 Å². The molecule has 2 heterocycles. The van der Waals surface area contributed by atoms with Gasteiger partial charge in [0.25, 0.3) is 0 Å². The van der Waals surface area contributed by atoms with Crippen LogP contribution in [0.4, 0.5) is 0 Å². The first-order valence-corrected chi connectivity index (χ1v) is 29.6. The predicted octanol–water partition coefficient (Wildman–Crippen LogP) is 21.4. The molecule has 3 atom stereocenters. The second-order valence-electron chi connectivity index (χ2n) is 24.3. The summed E-state index contributed by atoms with van der Waals surface area (Å²) in [7, 11) is 0. The minimum absolute atomic E-state index is 0.143. The minimum Gasteiger partial charge on any atom is -0.455 e. The van der Waals surface area contributed by atoms with Gasteiger partial charge in [0, 0.05) is 44.5 Å². The van der Waals surface area contributed by atoms with Gasteiger partial charge in [-0.05, 0) is 169 Å². The lowest BCUT2D eigenvalue weighted by atomic mass is 9.65. The predicted molar refractivity (Wildman–Crippen MR) is 346 cm³/mol. The SMILES string of the molecule is C1=CC2c3c(cc4c5cccc6c7c(cc(c8cccc3c84)c65)C3(c4ccccc4-c4ccccc43)c3cc(-c4cccc5c4oc4ccccc45)ccc3-7)C3(c4ccccc4-c4ccc(-c5cccc6c5oc5ccccc56)cc43)C2C=C1. The lowest BCUT2D eigenvalue weighted by Gasteiger charge is -2.36. The second-order valence-corrected chi connectivity index (χ2v) is 24.3. The number of allylic oxidation sites excluding steroid dienone is 4. The van der Waals surface area contributed by atoms with E-state index in [-0.39, 0.29) is 11.8 Å². The fourth-order valence-electron chi connectivity index (χ4n) is 17.9. The summed E-state index contributed by atoms with van der Waals surface area (Å²) < 4.78 is 13.5. The van der Waals surface area contributed by atoms with Crippen LogP contribution in [0.15, 0.2) is 276 Å². The molecule has 0 saturated heterocycles. The van der Waals surface area contributed by atoms with Crippen LogP contribution in [0, 0.1) is 5.92 Å². The topological polar surface area (TPSA) is 26.3 Å². The van der Waals surface area contributed by atoms with Gasteiger partial charge in [-0.1, -0.05) is 231 Å². The molecule has 2 spiro atoms.